The van der Waals surface area contributed by atoms with Crippen molar-refractivity contribution in [2.24, 2.45) is 0 Å². The Hall–Kier alpha value is -1.59. The standard InChI is InChI=1S/C19H36N2O4/c1-6-9-10-11-17(22)20-16(12-13-18(23)24)19(25)21(14(4)7-2)15(5)8-3/h14-16H,6-13H2,1-5H3,(H,20,22)(H,23,24)/t14?,15?,16-/m0/s1. The highest BCUT2D eigenvalue weighted by molar-refractivity contribution is 5.88. The molecule has 0 saturated heterocycles. The number of amides is 2. The number of aliphatic carboxylic acids is 1. The predicted octanol–water partition coefficient (Wildman–Crippen LogP) is 3.34. The van der Waals surface area contributed by atoms with Crippen molar-refractivity contribution in [2.75, 3.05) is 0 Å². The maximum Gasteiger partial charge on any atom is 0.303 e. The molecule has 0 saturated carbocycles. The fourth-order valence-corrected chi connectivity index (χ4v) is 2.77. The zero-order valence-corrected chi connectivity index (χ0v) is 16.5. The summed E-state index contributed by atoms with van der Waals surface area (Å²) in [7, 11) is 0. The molecule has 3 atom stereocenters. The van der Waals surface area contributed by atoms with Crippen molar-refractivity contribution in [1.82, 2.24) is 10.2 Å². The fourth-order valence-electron chi connectivity index (χ4n) is 2.77. The molecule has 6 nitrogen and oxygen atoms in total. The molecule has 0 fully saturated rings. The van der Waals surface area contributed by atoms with Crippen LogP contribution < -0.4 is 5.32 Å². The van der Waals surface area contributed by atoms with E-state index in [1.165, 1.54) is 0 Å². The first kappa shape index (κ1) is 23.4. The van der Waals surface area contributed by atoms with Gasteiger partial charge in [0.1, 0.15) is 6.04 Å². The number of carboxylic acid groups (broad SMARTS) is 1. The largest absolute Gasteiger partial charge is 0.481 e. The highest BCUT2D eigenvalue weighted by Crippen LogP contribution is 2.16. The van der Waals surface area contributed by atoms with Gasteiger partial charge in [0.2, 0.25) is 11.8 Å². The summed E-state index contributed by atoms with van der Waals surface area (Å²) >= 11 is 0. The molecule has 0 bridgehead atoms. The van der Waals surface area contributed by atoms with Crippen molar-refractivity contribution in [3.8, 4) is 0 Å². The zero-order valence-electron chi connectivity index (χ0n) is 16.5. The van der Waals surface area contributed by atoms with Gasteiger partial charge in [-0.3, -0.25) is 14.4 Å². The molecule has 6 heteroatoms. The summed E-state index contributed by atoms with van der Waals surface area (Å²) in [6.07, 6.45) is 4.74. The maximum absolute atomic E-state index is 13.0. The number of carbonyl (C=O) groups excluding carboxylic acids is 2. The molecule has 0 aliphatic rings. The summed E-state index contributed by atoms with van der Waals surface area (Å²) in [5.41, 5.74) is 0. The van der Waals surface area contributed by atoms with Gasteiger partial charge in [0.05, 0.1) is 0 Å². The van der Waals surface area contributed by atoms with Gasteiger partial charge in [-0.05, 0) is 39.5 Å². The molecule has 0 aromatic rings. The molecule has 146 valence electrons. The van der Waals surface area contributed by atoms with Gasteiger partial charge in [0.15, 0.2) is 0 Å². The summed E-state index contributed by atoms with van der Waals surface area (Å²) < 4.78 is 0. The third-order valence-electron chi connectivity index (χ3n) is 4.67. The number of nitrogens with zero attached hydrogens (tertiary/aromatic N) is 1. The molecule has 2 N–H and O–H groups in total. The SMILES string of the molecule is CCCCCC(=O)N[C@@H](CCC(=O)O)C(=O)N(C(C)CC)C(C)CC. The second kappa shape index (κ2) is 12.7. The van der Waals surface area contributed by atoms with Gasteiger partial charge in [-0.1, -0.05) is 33.6 Å². The fraction of sp³-hybridized carbons (Fsp3) is 0.842. The molecular weight excluding hydrogens is 320 g/mol. The Morgan fingerprint density at radius 3 is 1.96 bits per heavy atom. The molecule has 2 amide bonds. The quantitative estimate of drug-likeness (QED) is 0.496. The molecule has 25 heavy (non-hydrogen) atoms. The van der Waals surface area contributed by atoms with E-state index in [2.05, 4.69) is 12.2 Å². The van der Waals surface area contributed by atoms with E-state index in [0.29, 0.717) is 6.42 Å². The topological polar surface area (TPSA) is 86.7 Å². The van der Waals surface area contributed by atoms with Crippen LogP contribution in [0.15, 0.2) is 0 Å². The van der Waals surface area contributed by atoms with Gasteiger partial charge in [-0.25, -0.2) is 0 Å². The number of nitrogens with one attached hydrogen (secondary N) is 1. The average Bonchev–Trinajstić information content (AvgIpc) is 2.58. The first-order valence-corrected chi connectivity index (χ1v) is 9.61. The Balaban J connectivity index is 5.16. The van der Waals surface area contributed by atoms with E-state index < -0.39 is 12.0 Å². The summed E-state index contributed by atoms with van der Waals surface area (Å²) in [6.45, 7) is 10.1. The lowest BCUT2D eigenvalue weighted by Crippen LogP contribution is -2.54. The Morgan fingerprint density at radius 1 is 0.960 bits per heavy atom. The van der Waals surface area contributed by atoms with E-state index in [9.17, 15) is 14.4 Å². The van der Waals surface area contributed by atoms with Crippen LogP contribution in [0.2, 0.25) is 0 Å². The third-order valence-corrected chi connectivity index (χ3v) is 4.67. The second-order valence-electron chi connectivity index (χ2n) is 6.77. The third kappa shape index (κ3) is 8.89. The molecule has 0 aromatic carbocycles. The zero-order chi connectivity index (χ0) is 19.4. The summed E-state index contributed by atoms with van der Waals surface area (Å²) in [6, 6.07) is -0.674. The van der Waals surface area contributed by atoms with Gasteiger partial charge < -0.3 is 15.3 Å². The lowest BCUT2D eigenvalue weighted by Gasteiger charge is -2.36. The lowest BCUT2D eigenvalue weighted by molar-refractivity contribution is -0.142. The van der Waals surface area contributed by atoms with Gasteiger partial charge in [-0.2, -0.15) is 0 Å². The van der Waals surface area contributed by atoms with Crippen LogP contribution in [-0.2, 0) is 14.4 Å². The van der Waals surface area contributed by atoms with Crippen molar-refractivity contribution in [1.29, 1.82) is 0 Å². The van der Waals surface area contributed by atoms with E-state index >= 15 is 0 Å². The number of unbranched alkanes of at least 4 members (excludes halogenated alkanes) is 2. The Kier molecular flexibility index (Phi) is 11.9. The molecule has 0 rings (SSSR count). The number of hydrogen-bond acceptors (Lipinski definition) is 3. The van der Waals surface area contributed by atoms with Crippen LogP contribution in [0.1, 0.15) is 86.0 Å². The highest BCUT2D eigenvalue weighted by atomic mass is 16.4. The molecule has 0 aliphatic carbocycles. The number of carbonyl (C=O) groups is 3. The molecule has 0 radical (unpaired) electrons. The maximum atomic E-state index is 13.0. The first-order chi connectivity index (χ1) is 11.8. The van der Waals surface area contributed by atoms with Crippen LogP contribution in [-0.4, -0.2) is 45.9 Å². The predicted molar refractivity (Wildman–Crippen MR) is 99.3 cm³/mol. The van der Waals surface area contributed by atoms with Crippen molar-refractivity contribution < 1.29 is 19.5 Å². The van der Waals surface area contributed by atoms with Crippen molar-refractivity contribution in [2.45, 2.75) is 104 Å². The second-order valence-corrected chi connectivity index (χ2v) is 6.77. The smallest absolute Gasteiger partial charge is 0.303 e. The van der Waals surface area contributed by atoms with Crippen LogP contribution in [0.4, 0.5) is 0 Å². The normalized spacial score (nSPS) is 14.4. The molecular formula is C19H36N2O4. The first-order valence-electron chi connectivity index (χ1n) is 9.61. The van der Waals surface area contributed by atoms with E-state index in [1.807, 2.05) is 27.7 Å². The number of carboxylic acids is 1. The highest BCUT2D eigenvalue weighted by Gasteiger charge is 2.31. The summed E-state index contributed by atoms with van der Waals surface area (Å²) in [5.74, 6) is -1.31. The molecule has 0 spiro atoms. The van der Waals surface area contributed by atoms with Gasteiger partial charge in [-0.15, -0.1) is 0 Å². The number of hydrogen-bond donors (Lipinski definition) is 2. The van der Waals surface area contributed by atoms with Crippen LogP contribution in [0.5, 0.6) is 0 Å². The van der Waals surface area contributed by atoms with Crippen LogP contribution in [0.25, 0.3) is 0 Å². The van der Waals surface area contributed by atoms with Crippen LogP contribution in [0, 0.1) is 0 Å². The van der Waals surface area contributed by atoms with Gasteiger partial charge in [0.25, 0.3) is 0 Å². The minimum Gasteiger partial charge on any atom is -0.481 e. The Bertz CT molecular complexity index is 416. The van der Waals surface area contributed by atoms with Crippen LogP contribution >= 0.6 is 0 Å². The monoisotopic (exact) mass is 356 g/mol. The van der Waals surface area contributed by atoms with Crippen molar-refractivity contribution >= 4 is 17.8 Å². The van der Waals surface area contributed by atoms with Gasteiger partial charge >= 0.3 is 5.97 Å². The molecule has 0 aliphatic heterocycles. The van der Waals surface area contributed by atoms with E-state index in [1.54, 1.807) is 4.90 Å². The summed E-state index contributed by atoms with van der Waals surface area (Å²) in [5, 5.41) is 11.7. The van der Waals surface area contributed by atoms with Crippen LogP contribution in [0.3, 0.4) is 0 Å². The van der Waals surface area contributed by atoms with Crippen molar-refractivity contribution in [3.63, 3.8) is 0 Å². The van der Waals surface area contributed by atoms with E-state index in [4.69, 9.17) is 5.11 Å². The lowest BCUT2D eigenvalue weighted by atomic mass is 10.0. The summed E-state index contributed by atoms with van der Waals surface area (Å²) in [4.78, 5) is 37.9. The molecule has 0 aromatic heterocycles. The minimum atomic E-state index is -0.961. The number of rotatable bonds is 13. The van der Waals surface area contributed by atoms with Gasteiger partial charge in [0, 0.05) is 24.9 Å². The van der Waals surface area contributed by atoms with E-state index in [-0.39, 0.29) is 36.7 Å². The molecule has 0 heterocycles. The Morgan fingerprint density at radius 2 is 1.52 bits per heavy atom. The molecule has 2 unspecified atom stereocenters. The Labute approximate surface area is 152 Å². The average molecular weight is 357 g/mol. The van der Waals surface area contributed by atoms with Crippen molar-refractivity contribution in [3.05, 3.63) is 0 Å². The van der Waals surface area contributed by atoms with E-state index in [0.717, 1.165) is 32.1 Å². The minimum absolute atomic E-state index is 0.0479.